The van der Waals surface area contributed by atoms with Gasteiger partial charge in [-0.15, -0.1) is 11.3 Å². The molecule has 8 heteroatoms. The van der Waals surface area contributed by atoms with Crippen LogP contribution in [0.2, 0.25) is 0 Å². The fourth-order valence-electron chi connectivity index (χ4n) is 2.40. The van der Waals surface area contributed by atoms with Crippen LogP contribution >= 0.6 is 11.3 Å². The highest BCUT2D eigenvalue weighted by Crippen LogP contribution is 2.21. The number of hydrogen-bond acceptors (Lipinski definition) is 7. The van der Waals surface area contributed by atoms with Crippen molar-refractivity contribution in [3.8, 4) is 5.75 Å². The van der Waals surface area contributed by atoms with Crippen molar-refractivity contribution in [2.75, 3.05) is 0 Å². The molecule has 0 aliphatic heterocycles. The highest BCUT2D eigenvalue weighted by Gasteiger charge is 2.21. The van der Waals surface area contributed by atoms with E-state index in [9.17, 15) is 4.79 Å². The highest BCUT2D eigenvalue weighted by molar-refractivity contribution is 7.09. The molecule has 0 spiro atoms. The molecule has 1 N–H and O–H groups in total. The average molecular weight is 413 g/mol. The van der Waals surface area contributed by atoms with Crippen LogP contribution in [0.1, 0.15) is 48.8 Å². The van der Waals surface area contributed by atoms with Gasteiger partial charge in [-0.25, -0.2) is 4.98 Å². The van der Waals surface area contributed by atoms with Crippen LogP contribution in [-0.4, -0.2) is 21.0 Å². The van der Waals surface area contributed by atoms with Gasteiger partial charge in [-0.05, 0) is 19.1 Å². The zero-order valence-electron chi connectivity index (χ0n) is 16.9. The Bertz CT molecular complexity index is 1000. The van der Waals surface area contributed by atoms with Crippen molar-refractivity contribution < 1.29 is 14.1 Å². The second-order valence-electron chi connectivity index (χ2n) is 7.50. The van der Waals surface area contributed by atoms with Gasteiger partial charge >= 0.3 is 0 Å². The monoisotopic (exact) mass is 412 g/mol. The first-order chi connectivity index (χ1) is 13.8. The Morgan fingerprint density at radius 2 is 2.07 bits per heavy atom. The number of carbonyl (C=O) groups excluding carboxylic acids is 1. The summed E-state index contributed by atoms with van der Waals surface area (Å²) in [4.78, 5) is 20.8. The number of para-hydroxylation sites is 1. The van der Waals surface area contributed by atoms with Gasteiger partial charge in [0.1, 0.15) is 12.4 Å². The summed E-state index contributed by atoms with van der Waals surface area (Å²) in [7, 11) is 0. The normalized spacial score (nSPS) is 11.7. The van der Waals surface area contributed by atoms with Crippen LogP contribution in [0.4, 0.5) is 0 Å². The van der Waals surface area contributed by atoms with Crippen LogP contribution in [0, 0.1) is 6.92 Å². The van der Waals surface area contributed by atoms with Crippen LogP contribution in [0.3, 0.4) is 0 Å². The van der Waals surface area contributed by atoms with Crippen molar-refractivity contribution in [2.24, 2.45) is 0 Å². The maximum Gasteiger partial charge on any atom is 0.244 e. The van der Waals surface area contributed by atoms with Gasteiger partial charge in [0.25, 0.3) is 0 Å². The number of amides is 1. The number of benzene rings is 1. The molecule has 0 saturated heterocycles. The summed E-state index contributed by atoms with van der Waals surface area (Å²) in [6, 6.07) is 7.54. The number of carbonyl (C=O) groups is 1. The van der Waals surface area contributed by atoms with Gasteiger partial charge in [0.05, 0.1) is 17.2 Å². The van der Waals surface area contributed by atoms with Crippen LogP contribution < -0.4 is 10.1 Å². The van der Waals surface area contributed by atoms with Crippen LogP contribution in [0.5, 0.6) is 5.75 Å². The fraction of sp³-hybridized carbons (Fsp3) is 0.333. The third-order valence-corrected chi connectivity index (χ3v) is 4.73. The topological polar surface area (TPSA) is 90.1 Å². The van der Waals surface area contributed by atoms with E-state index in [2.05, 4.69) is 20.4 Å². The molecule has 0 fully saturated rings. The van der Waals surface area contributed by atoms with E-state index in [0.29, 0.717) is 24.1 Å². The second kappa shape index (κ2) is 9.00. The van der Waals surface area contributed by atoms with Crippen LogP contribution in [0.15, 0.2) is 40.2 Å². The van der Waals surface area contributed by atoms with E-state index in [-0.39, 0.29) is 17.9 Å². The van der Waals surface area contributed by atoms with Crippen molar-refractivity contribution in [3.63, 3.8) is 0 Å². The van der Waals surface area contributed by atoms with E-state index < -0.39 is 0 Å². The first-order valence-electron chi connectivity index (χ1n) is 9.23. The molecular weight excluding hydrogens is 388 g/mol. The van der Waals surface area contributed by atoms with Crippen molar-refractivity contribution >= 4 is 23.3 Å². The number of rotatable bonds is 7. The van der Waals surface area contributed by atoms with Gasteiger partial charge in [-0.1, -0.05) is 44.1 Å². The highest BCUT2D eigenvalue weighted by atomic mass is 32.1. The molecular formula is C21H24N4O3S. The Kier molecular flexibility index (Phi) is 6.43. The zero-order chi connectivity index (χ0) is 20.9. The lowest BCUT2D eigenvalue weighted by atomic mass is 9.97. The first kappa shape index (κ1) is 20.7. The molecule has 29 heavy (non-hydrogen) atoms. The summed E-state index contributed by atoms with van der Waals surface area (Å²) in [6.45, 7) is 8.50. The van der Waals surface area contributed by atoms with Crippen LogP contribution in [0.25, 0.3) is 6.08 Å². The standard InChI is InChI=1S/C21H24N4O3S/c1-14-23-16(13-29-14)12-27-17-8-6-5-7-15(17)9-10-19(26)22-11-18-24-20(28-25-18)21(2,3)4/h5-10,13H,11-12H2,1-4H3,(H,22,26)/b10-9+. The van der Waals surface area contributed by atoms with E-state index in [0.717, 1.165) is 16.3 Å². The lowest BCUT2D eigenvalue weighted by molar-refractivity contribution is -0.116. The number of thiazole rings is 1. The molecule has 1 amide bonds. The molecule has 3 aromatic rings. The Labute approximate surface area is 173 Å². The molecule has 0 radical (unpaired) electrons. The quantitative estimate of drug-likeness (QED) is 0.589. The number of nitrogens with one attached hydrogen (secondary N) is 1. The summed E-state index contributed by atoms with van der Waals surface area (Å²) in [5.74, 6) is 1.42. The van der Waals surface area contributed by atoms with Gasteiger partial charge in [0, 0.05) is 22.4 Å². The minimum atomic E-state index is -0.253. The lowest BCUT2D eigenvalue weighted by Gasteiger charge is -2.10. The summed E-state index contributed by atoms with van der Waals surface area (Å²) in [5, 5.41) is 9.63. The van der Waals surface area contributed by atoms with Gasteiger partial charge < -0.3 is 14.6 Å². The molecule has 0 saturated carbocycles. The average Bonchev–Trinajstić information content (AvgIpc) is 3.32. The number of hydrogen-bond donors (Lipinski definition) is 1. The number of aryl methyl sites for hydroxylation is 1. The molecule has 0 aliphatic rings. The lowest BCUT2D eigenvalue weighted by Crippen LogP contribution is -2.21. The Balaban J connectivity index is 1.56. The third kappa shape index (κ3) is 5.99. The minimum absolute atomic E-state index is 0.198. The minimum Gasteiger partial charge on any atom is -0.487 e. The largest absolute Gasteiger partial charge is 0.487 e. The Hall–Kier alpha value is -3.00. The summed E-state index contributed by atoms with van der Waals surface area (Å²) >= 11 is 1.59. The molecule has 0 unspecified atom stereocenters. The molecule has 0 bridgehead atoms. The third-order valence-electron chi connectivity index (χ3n) is 3.91. The molecule has 2 aromatic heterocycles. The predicted molar refractivity (Wildman–Crippen MR) is 112 cm³/mol. The van der Waals surface area contributed by atoms with Gasteiger partial charge in [-0.3, -0.25) is 4.79 Å². The predicted octanol–water partition coefficient (Wildman–Crippen LogP) is 4.04. The molecule has 1 aromatic carbocycles. The molecule has 0 aliphatic carbocycles. The maximum atomic E-state index is 12.2. The second-order valence-corrected chi connectivity index (χ2v) is 8.56. The van der Waals surface area contributed by atoms with Crippen molar-refractivity contribution in [3.05, 3.63) is 63.7 Å². The SMILES string of the molecule is Cc1nc(COc2ccccc2/C=C/C(=O)NCc2noc(C(C)(C)C)n2)cs1. The van der Waals surface area contributed by atoms with Crippen molar-refractivity contribution in [1.29, 1.82) is 0 Å². The van der Waals surface area contributed by atoms with E-state index >= 15 is 0 Å². The molecule has 2 heterocycles. The van der Waals surface area contributed by atoms with E-state index in [1.165, 1.54) is 6.08 Å². The number of nitrogens with zero attached hydrogens (tertiary/aromatic N) is 3. The van der Waals surface area contributed by atoms with Gasteiger partial charge in [-0.2, -0.15) is 4.98 Å². The van der Waals surface area contributed by atoms with Gasteiger partial charge in [0.15, 0.2) is 5.82 Å². The van der Waals surface area contributed by atoms with E-state index in [4.69, 9.17) is 9.26 Å². The van der Waals surface area contributed by atoms with Gasteiger partial charge in [0.2, 0.25) is 11.8 Å². The fourth-order valence-corrected chi connectivity index (χ4v) is 2.99. The Morgan fingerprint density at radius 1 is 1.28 bits per heavy atom. The molecule has 3 rings (SSSR count). The molecule has 7 nitrogen and oxygen atoms in total. The first-order valence-corrected chi connectivity index (χ1v) is 10.1. The molecule has 152 valence electrons. The van der Waals surface area contributed by atoms with E-state index in [1.807, 2.05) is 57.3 Å². The van der Waals surface area contributed by atoms with E-state index in [1.54, 1.807) is 17.4 Å². The van der Waals surface area contributed by atoms with Crippen LogP contribution in [-0.2, 0) is 23.4 Å². The summed E-state index contributed by atoms with van der Waals surface area (Å²) in [5.41, 5.74) is 1.47. The summed E-state index contributed by atoms with van der Waals surface area (Å²) < 4.78 is 11.1. The number of aromatic nitrogens is 3. The zero-order valence-corrected chi connectivity index (χ0v) is 17.7. The maximum absolute atomic E-state index is 12.2. The van der Waals surface area contributed by atoms with Crippen molar-refractivity contribution in [1.82, 2.24) is 20.4 Å². The Morgan fingerprint density at radius 3 is 2.76 bits per heavy atom. The smallest absolute Gasteiger partial charge is 0.244 e. The molecule has 0 atom stereocenters. The number of ether oxygens (including phenoxy) is 1. The van der Waals surface area contributed by atoms with Crippen molar-refractivity contribution in [2.45, 2.75) is 46.3 Å². The summed E-state index contributed by atoms with van der Waals surface area (Å²) in [6.07, 6.45) is 3.17.